The van der Waals surface area contributed by atoms with Crippen molar-refractivity contribution in [1.82, 2.24) is 5.32 Å². The van der Waals surface area contributed by atoms with Gasteiger partial charge in [-0.25, -0.2) is 0 Å². The van der Waals surface area contributed by atoms with E-state index in [9.17, 15) is 38.6 Å². The second-order valence-electron chi connectivity index (χ2n) is 5.37. The molecule has 3 unspecified atom stereocenters. The largest absolute Gasteiger partial charge is 0.481 e. The summed E-state index contributed by atoms with van der Waals surface area (Å²) in [6.07, 6.45) is 0.672. The molecule has 3 atom stereocenters. The smallest absolute Gasteiger partial charge is 0.344 e. The molecule has 1 saturated carbocycles. The van der Waals surface area contributed by atoms with E-state index in [0.717, 1.165) is 0 Å². The van der Waals surface area contributed by atoms with E-state index in [1.54, 1.807) is 0 Å². The number of carbonyl (C=O) groups is 1. The summed E-state index contributed by atoms with van der Waals surface area (Å²) in [5.41, 5.74) is 0. The summed E-state index contributed by atoms with van der Waals surface area (Å²) >= 11 is 0. The monoisotopic (exact) mass is 329 g/mol. The Morgan fingerprint density at radius 2 is 1.70 bits per heavy atom. The van der Waals surface area contributed by atoms with Crippen LogP contribution < -0.4 is 5.32 Å². The van der Waals surface area contributed by atoms with Crippen LogP contribution in [0.15, 0.2) is 0 Å². The molecular weight excluding hydrogens is 312 g/mol. The normalized spacial score (nSPS) is 33.7. The number of carboxylic acid groups (broad SMARTS) is 1. The van der Waals surface area contributed by atoms with E-state index in [2.05, 4.69) is 5.32 Å². The van der Waals surface area contributed by atoms with Crippen molar-refractivity contribution < 1.29 is 38.6 Å². The molecule has 20 heavy (non-hydrogen) atoms. The summed E-state index contributed by atoms with van der Waals surface area (Å²) in [5, 5.41) is 12.1. The highest BCUT2D eigenvalue weighted by molar-refractivity contribution is 7.72. The molecule has 9 nitrogen and oxygen atoms in total. The summed E-state index contributed by atoms with van der Waals surface area (Å²) in [4.78, 5) is 46.6. The van der Waals surface area contributed by atoms with Crippen molar-refractivity contribution in [3.63, 3.8) is 0 Å². The molecule has 2 aliphatic rings. The highest BCUT2D eigenvalue weighted by Gasteiger charge is 2.73. The summed E-state index contributed by atoms with van der Waals surface area (Å²) in [6.45, 7) is 0.462. The lowest BCUT2D eigenvalue weighted by Gasteiger charge is -2.35. The van der Waals surface area contributed by atoms with Crippen LogP contribution in [-0.2, 0) is 13.9 Å². The first-order chi connectivity index (χ1) is 9.02. The third-order valence-corrected chi connectivity index (χ3v) is 8.84. The molecule has 116 valence electrons. The molecule has 0 aromatic rings. The van der Waals surface area contributed by atoms with Crippen LogP contribution in [0.5, 0.6) is 0 Å². The van der Waals surface area contributed by atoms with E-state index in [1.165, 1.54) is 0 Å². The second kappa shape index (κ2) is 4.88. The van der Waals surface area contributed by atoms with Gasteiger partial charge in [0, 0.05) is 6.04 Å². The molecular formula is C9H17NO8P2. The SMILES string of the molecule is O=C(O)C1C2NCCCC2CC1(P(=O)(O)O)P(=O)(O)O. The van der Waals surface area contributed by atoms with Gasteiger partial charge < -0.3 is 30.0 Å². The average Bonchev–Trinajstić information content (AvgIpc) is 2.63. The van der Waals surface area contributed by atoms with Gasteiger partial charge in [0.15, 0.2) is 4.90 Å². The van der Waals surface area contributed by atoms with E-state index in [0.29, 0.717) is 19.4 Å². The van der Waals surface area contributed by atoms with Crippen LogP contribution in [0, 0.1) is 11.8 Å². The van der Waals surface area contributed by atoms with Crippen molar-refractivity contribution in [3.8, 4) is 0 Å². The van der Waals surface area contributed by atoms with Crippen LogP contribution in [0.25, 0.3) is 0 Å². The molecule has 0 spiro atoms. The Kier molecular flexibility index (Phi) is 3.93. The summed E-state index contributed by atoms with van der Waals surface area (Å²) in [5.74, 6) is -3.88. The summed E-state index contributed by atoms with van der Waals surface area (Å²) in [6, 6.07) is -0.832. The molecule has 6 N–H and O–H groups in total. The predicted molar refractivity (Wildman–Crippen MR) is 67.1 cm³/mol. The number of fused-ring (bicyclic) bond motifs is 1. The highest BCUT2D eigenvalue weighted by Crippen LogP contribution is 2.77. The zero-order chi connectivity index (χ0) is 15.3. The molecule has 1 aliphatic heterocycles. The molecule has 0 aromatic carbocycles. The lowest BCUT2D eigenvalue weighted by atomic mass is 9.90. The Labute approximate surface area is 114 Å². The van der Waals surface area contributed by atoms with Crippen molar-refractivity contribution in [3.05, 3.63) is 0 Å². The van der Waals surface area contributed by atoms with E-state index in [-0.39, 0.29) is 0 Å². The number of carboxylic acids is 1. The van der Waals surface area contributed by atoms with Gasteiger partial charge in [-0.05, 0) is 31.7 Å². The van der Waals surface area contributed by atoms with E-state index < -0.39 is 50.4 Å². The third-order valence-electron chi connectivity index (χ3n) is 4.33. The standard InChI is InChI=1S/C9H17NO8P2/c11-8(12)6-7-5(2-1-3-10-7)4-9(6,19(13,14)15)20(16,17)18/h5-7,10H,1-4H2,(H,11,12)(H2,13,14,15)(H2,16,17,18). The Morgan fingerprint density at radius 1 is 1.15 bits per heavy atom. The van der Waals surface area contributed by atoms with Gasteiger partial charge in [-0.2, -0.15) is 0 Å². The van der Waals surface area contributed by atoms with Crippen molar-refractivity contribution in [2.75, 3.05) is 6.54 Å². The van der Waals surface area contributed by atoms with Gasteiger partial charge in [0.25, 0.3) is 0 Å². The molecule has 1 heterocycles. The zero-order valence-corrected chi connectivity index (χ0v) is 12.2. The van der Waals surface area contributed by atoms with Gasteiger partial charge in [-0.15, -0.1) is 0 Å². The highest BCUT2D eigenvalue weighted by atomic mass is 31.2. The maximum atomic E-state index is 11.8. The molecule has 0 aromatic heterocycles. The first-order valence-electron chi connectivity index (χ1n) is 6.10. The third kappa shape index (κ3) is 2.18. The van der Waals surface area contributed by atoms with Crippen LogP contribution in [0.3, 0.4) is 0 Å². The minimum absolute atomic E-state index is 0.462. The van der Waals surface area contributed by atoms with Gasteiger partial charge in [0.05, 0.1) is 0 Å². The first kappa shape index (κ1) is 16.1. The minimum atomic E-state index is -5.33. The fourth-order valence-corrected chi connectivity index (χ4v) is 7.09. The second-order valence-corrected chi connectivity index (χ2v) is 9.49. The molecule has 2 fully saturated rings. The van der Waals surface area contributed by atoms with Crippen molar-refractivity contribution in [2.45, 2.75) is 30.2 Å². The Bertz CT molecular complexity index is 488. The van der Waals surface area contributed by atoms with Gasteiger partial charge in [-0.3, -0.25) is 13.9 Å². The number of nitrogens with one attached hydrogen (secondary N) is 1. The van der Waals surface area contributed by atoms with Crippen LogP contribution >= 0.6 is 15.2 Å². The van der Waals surface area contributed by atoms with Crippen LogP contribution in [-0.4, -0.2) is 48.1 Å². The Morgan fingerprint density at radius 3 is 2.15 bits per heavy atom. The van der Waals surface area contributed by atoms with Gasteiger partial charge >= 0.3 is 21.2 Å². The molecule has 0 amide bonds. The number of hydrogen-bond acceptors (Lipinski definition) is 4. The van der Waals surface area contributed by atoms with E-state index in [4.69, 9.17) is 0 Å². The number of hydrogen-bond donors (Lipinski definition) is 6. The van der Waals surface area contributed by atoms with Gasteiger partial charge in [0.2, 0.25) is 0 Å². The molecule has 1 saturated heterocycles. The van der Waals surface area contributed by atoms with Crippen molar-refractivity contribution in [2.24, 2.45) is 11.8 Å². The molecule has 1 aliphatic carbocycles. The Balaban J connectivity index is 2.63. The fourth-order valence-electron chi connectivity index (χ4n) is 3.52. The quantitative estimate of drug-likeness (QED) is 0.375. The number of rotatable bonds is 3. The molecule has 2 rings (SSSR count). The molecule has 11 heteroatoms. The summed E-state index contributed by atoms with van der Waals surface area (Å²) < 4.78 is 23.5. The molecule has 0 radical (unpaired) electrons. The Hall–Kier alpha value is -0.270. The maximum absolute atomic E-state index is 11.8. The maximum Gasteiger partial charge on any atom is 0.344 e. The van der Waals surface area contributed by atoms with Crippen molar-refractivity contribution in [1.29, 1.82) is 0 Å². The lowest BCUT2D eigenvalue weighted by molar-refractivity contribution is -0.143. The first-order valence-corrected chi connectivity index (χ1v) is 9.32. The van der Waals surface area contributed by atoms with Gasteiger partial charge in [-0.1, -0.05) is 0 Å². The number of aliphatic carboxylic acids is 1. The van der Waals surface area contributed by atoms with Gasteiger partial charge in [0.1, 0.15) is 5.92 Å². The lowest BCUT2D eigenvalue weighted by Crippen LogP contribution is -2.49. The fraction of sp³-hybridized carbons (Fsp3) is 0.889. The van der Waals surface area contributed by atoms with Crippen LogP contribution in [0.2, 0.25) is 0 Å². The van der Waals surface area contributed by atoms with Crippen LogP contribution in [0.1, 0.15) is 19.3 Å². The topological polar surface area (TPSA) is 164 Å². The number of piperidine rings is 1. The predicted octanol–water partition coefficient (Wildman–Crippen LogP) is -0.489. The minimum Gasteiger partial charge on any atom is -0.481 e. The van der Waals surface area contributed by atoms with E-state index in [1.807, 2.05) is 0 Å². The zero-order valence-electron chi connectivity index (χ0n) is 10.4. The van der Waals surface area contributed by atoms with E-state index >= 15 is 0 Å². The molecule has 0 bridgehead atoms. The van der Waals surface area contributed by atoms with Crippen molar-refractivity contribution >= 4 is 21.2 Å². The average molecular weight is 329 g/mol. The summed E-state index contributed by atoms with van der Waals surface area (Å²) in [7, 11) is -10.7. The van der Waals surface area contributed by atoms with Crippen LogP contribution in [0.4, 0.5) is 0 Å².